The second kappa shape index (κ2) is 10.4. The van der Waals surface area contributed by atoms with Crippen molar-refractivity contribution in [2.45, 2.75) is 0 Å². The van der Waals surface area contributed by atoms with Crippen LogP contribution in [0.5, 0.6) is 34.5 Å². The number of carbonyl (C=O) groups excluding carboxylic acids is 4. The molecular weight excluding hydrogens is 484 g/mol. The van der Waals surface area contributed by atoms with Crippen molar-refractivity contribution >= 4 is 23.1 Å². The molecule has 0 atom stereocenters. The van der Waals surface area contributed by atoms with Gasteiger partial charge in [0.1, 0.15) is 11.5 Å². The zero-order valence-corrected chi connectivity index (χ0v) is 20.4. The number of hydrogen-bond donors (Lipinski definition) is 0. The molecule has 1 aliphatic heterocycles. The van der Waals surface area contributed by atoms with Crippen molar-refractivity contribution in [1.82, 2.24) is 0 Å². The predicted molar refractivity (Wildman–Crippen MR) is 129 cm³/mol. The van der Waals surface area contributed by atoms with Gasteiger partial charge in [-0.2, -0.15) is 0 Å². The summed E-state index contributed by atoms with van der Waals surface area (Å²) in [5, 5.41) is 0. The molecule has 4 rings (SSSR count). The van der Waals surface area contributed by atoms with Crippen LogP contribution in [0.3, 0.4) is 0 Å². The van der Waals surface area contributed by atoms with Gasteiger partial charge in [0.2, 0.25) is 29.9 Å². The van der Waals surface area contributed by atoms with E-state index in [9.17, 15) is 19.2 Å². The van der Waals surface area contributed by atoms with Gasteiger partial charge in [-0.1, -0.05) is 0 Å². The molecule has 0 saturated carbocycles. The third-order valence-electron chi connectivity index (χ3n) is 5.67. The van der Waals surface area contributed by atoms with Crippen LogP contribution >= 0.6 is 0 Å². The highest BCUT2D eigenvalue weighted by Gasteiger charge is 2.31. The average molecular weight is 506 g/mol. The van der Waals surface area contributed by atoms with E-state index in [0.717, 1.165) is 0 Å². The Labute approximate surface area is 211 Å². The summed E-state index contributed by atoms with van der Waals surface area (Å²) in [7, 11) is 5.63. The molecule has 37 heavy (non-hydrogen) atoms. The van der Waals surface area contributed by atoms with Crippen molar-refractivity contribution < 1.29 is 47.6 Å². The molecule has 0 unspecified atom stereocenters. The van der Waals surface area contributed by atoms with Crippen LogP contribution in [0, 0.1) is 0 Å². The van der Waals surface area contributed by atoms with Crippen molar-refractivity contribution in [3.63, 3.8) is 0 Å². The van der Waals surface area contributed by atoms with Gasteiger partial charge in [-0.25, -0.2) is 0 Å². The molecule has 10 nitrogen and oxygen atoms in total. The van der Waals surface area contributed by atoms with Gasteiger partial charge >= 0.3 is 0 Å². The summed E-state index contributed by atoms with van der Waals surface area (Å²) in [6.07, 6.45) is 0. The first kappa shape index (κ1) is 25.2. The maximum absolute atomic E-state index is 13.4. The van der Waals surface area contributed by atoms with Gasteiger partial charge in [-0.3, -0.25) is 19.2 Å². The Hall–Kier alpha value is -4.86. The molecule has 0 spiro atoms. The van der Waals surface area contributed by atoms with E-state index < -0.39 is 23.1 Å². The Kier molecular flexibility index (Phi) is 7.10. The van der Waals surface area contributed by atoms with Gasteiger partial charge in [-0.05, 0) is 42.5 Å². The van der Waals surface area contributed by atoms with Gasteiger partial charge in [-0.15, -0.1) is 0 Å². The summed E-state index contributed by atoms with van der Waals surface area (Å²) in [5.74, 6) is -2.41. The maximum Gasteiger partial charge on any atom is 0.234 e. The number of fused-ring (bicyclic) bond motifs is 1. The summed E-state index contributed by atoms with van der Waals surface area (Å²) in [4.78, 5) is 53.1. The zero-order valence-electron chi connectivity index (χ0n) is 20.4. The van der Waals surface area contributed by atoms with E-state index in [0.29, 0.717) is 17.2 Å². The standard InChI is InChI=1S/C27H22O10/c1-32-16-7-15(8-17(10-16)33-2)25(29)27(31)19-12-23-22(36-13-37-23)11-18(19)26(30)24(28)14-5-6-20(34-3)21(9-14)35-4/h5-12H,13H2,1-4H3. The summed E-state index contributed by atoms with van der Waals surface area (Å²) < 4.78 is 31.4. The van der Waals surface area contributed by atoms with Crippen molar-refractivity contribution in [2.75, 3.05) is 35.2 Å². The number of benzene rings is 3. The third kappa shape index (κ3) is 4.81. The Morgan fingerprint density at radius 3 is 1.57 bits per heavy atom. The second-order valence-corrected chi connectivity index (χ2v) is 7.74. The lowest BCUT2D eigenvalue weighted by Gasteiger charge is -2.11. The summed E-state index contributed by atoms with van der Waals surface area (Å²) in [6.45, 7) is -0.148. The molecule has 0 N–H and O–H groups in total. The van der Waals surface area contributed by atoms with Crippen LogP contribution in [0.2, 0.25) is 0 Å². The minimum atomic E-state index is -1.03. The molecule has 0 aromatic heterocycles. The minimum absolute atomic E-state index is 0.00238. The third-order valence-corrected chi connectivity index (χ3v) is 5.67. The lowest BCUT2D eigenvalue weighted by Crippen LogP contribution is -2.22. The zero-order chi connectivity index (χ0) is 26.7. The molecule has 10 heteroatoms. The number of Topliss-reactive ketones (excluding diaryl/α,β-unsaturated/α-hetero) is 4. The number of hydrogen-bond acceptors (Lipinski definition) is 10. The van der Waals surface area contributed by atoms with Gasteiger partial charge < -0.3 is 28.4 Å². The Balaban J connectivity index is 1.76. The molecule has 0 radical (unpaired) electrons. The Bertz CT molecular complexity index is 1400. The summed E-state index contributed by atoms with van der Waals surface area (Å²) in [6, 6.07) is 10.9. The molecule has 0 bridgehead atoms. The lowest BCUT2D eigenvalue weighted by molar-refractivity contribution is 0.0800. The van der Waals surface area contributed by atoms with E-state index in [1.54, 1.807) is 6.07 Å². The first-order valence-electron chi connectivity index (χ1n) is 10.9. The summed E-state index contributed by atoms with van der Waals surface area (Å²) >= 11 is 0. The number of rotatable bonds is 10. The number of methoxy groups -OCH3 is 4. The monoisotopic (exact) mass is 506 g/mol. The molecule has 3 aromatic carbocycles. The van der Waals surface area contributed by atoms with Crippen molar-refractivity contribution in [3.8, 4) is 34.5 Å². The largest absolute Gasteiger partial charge is 0.497 e. The Morgan fingerprint density at radius 1 is 0.568 bits per heavy atom. The van der Waals surface area contributed by atoms with Gasteiger partial charge in [0.15, 0.2) is 23.0 Å². The fourth-order valence-corrected chi connectivity index (χ4v) is 3.74. The molecule has 0 fully saturated rings. The second-order valence-electron chi connectivity index (χ2n) is 7.74. The molecule has 190 valence electrons. The minimum Gasteiger partial charge on any atom is -0.497 e. The molecule has 0 aliphatic carbocycles. The van der Waals surface area contributed by atoms with E-state index in [-0.39, 0.29) is 46.3 Å². The average Bonchev–Trinajstić information content (AvgIpc) is 3.41. The van der Waals surface area contributed by atoms with E-state index >= 15 is 0 Å². The van der Waals surface area contributed by atoms with E-state index in [2.05, 4.69) is 0 Å². The number of ether oxygens (including phenoxy) is 6. The van der Waals surface area contributed by atoms with Crippen LogP contribution in [-0.4, -0.2) is 58.4 Å². The molecule has 3 aromatic rings. The first-order chi connectivity index (χ1) is 17.8. The quantitative estimate of drug-likeness (QED) is 0.298. The molecule has 0 saturated heterocycles. The topological polar surface area (TPSA) is 124 Å². The van der Waals surface area contributed by atoms with Crippen LogP contribution < -0.4 is 28.4 Å². The number of ketones is 4. The lowest BCUT2D eigenvalue weighted by atomic mass is 9.91. The molecule has 1 aliphatic rings. The van der Waals surface area contributed by atoms with Gasteiger partial charge in [0, 0.05) is 28.3 Å². The van der Waals surface area contributed by atoms with Crippen molar-refractivity contribution in [1.29, 1.82) is 0 Å². The van der Waals surface area contributed by atoms with Crippen molar-refractivity contribution in [2.24, 2.45) is 0 Å². The maximum atomic E-state index is 13.4. The highest BCUT2D eigenvalue weighted by molar-refractivity contribution is 6.54. The molecule has 0 amide bonds. The first-order valence-corrected chi connectivity index (χ1v) is 10.9. The Morgan fingerprint density at radius 2 is 1.08 bits per heavy atom. The van der Waals surface area contributed by atoms with Crippen LogP contribution in [0.4, 0.5) is 0 Å². The van der Waals surface area contributed by atoms with Crippen LogP contribution in [0.1, 0.15) is 41.4 Å². The van der Waals surface area contributed by atoms with E-state index in [1.165, 1.54) is 70.9 Å². The van der Waals surface area contributed by atoms with E-state index in [4.69, 9.17) is 28.4 Å². The highest BCUT2D eigenvalue weighted by Crippen LogP contribution is 2.36. The summed E-state index contributed by atoms with van der Waals surface area (Å²) in [5.41, 5.74) is -0.641. The van der Waals surface area contributed by atoms with Crippen molar-refractivity contribution in [3.05, 3.63) is 70.8 Å². The van der Waals surface area contributed by atoms with Crippen LogP contribution in [0.15, 0.2) is 48.5 Å². The van der Waals surface area contributed by atoms with Gasteiger partial charge in [0.25, 0.3) is 0 Å². The SMILES string of the molecule is COc1cc(OC)cc(C(=O)C(=O)c2cc3c(cc2C(=O)C(=O)c2ccc(OC)c(OC)c2)OCO3)c1. The smallest absolute Gasteiger partial charge is 0.234 e. The normalized spacial score (nSPS) is 11.5. The fourth-order valence-electron chi connectivity index (χ4n) is 3.74. The van der Waals surface area contributed by atoms with E-state index in [1.807, 2.05) is 0 Å². The highest BCUT2D eigenvalue weighted by atomic mass is 16.7. The van der Waals surface area contributed by atoms with Gasteiger partial charge in [0.05, 0.1) is 28.4 Å². The number of carbonyl (C=O) groups is 4. The van der Waals surface area contributed by atoms with Crippen LogP contribution in [0.25, 0.3) is 0 Å². The fraction of sp³-hybridized carbons (Fsp3) is 0.185. The van der Waals surface area contributed by atoms with Crippen LogP contribution in [-0.2, 0) is 0 Å². The molecular formula is C27H22O10. The predicted octanol–water partition coefficient (Wildman–Crippen LogP) is 3.58. The molecule has 1 heterocycles.